The summed E-state index contributed by atoms with van der Waals surface area (Å²) < 4.78 is 11.9. The fourth-order valence-corrected chi connectivity index (χ4v) is 7.11. The number of nitrogens with one attached hydrogen (secondary N) is 1. The first kappa shape index (κ1) is 17.4. The summed E-state index contributed by atoms with van der Waals surface area (Å²) in [6.45, 7) is 5.51. The Morgan fingerprint density at radius 2 is 2.12 bits per heavy atom. The minimum Gasteiger partial charge on any atom is -0.462 e. The summed E-state index contributed by atoms with van der Waals surface area (Å²) in [6.07, 6.45) is 9.42. The van der Waals surface area contributed by atoms with E-state index in [1.807, 2.05) is 0 Å². The van der Waals surface area contributed by atoms with Gasteiger partial charge in [-0.05, 0) is 56.3 Å². The third kappa shape index (κ3) is 2.65. The van der Waals surface area contributed by atoms with Gasteiger partial charge in [0.2, 0.25) is 0 Å². The smallest absolute Gasteiger partial charge is 0.315 e. The summed E-state index contributed by atoms with van der Waals surface area (Å²) in [5.74, 6) is 0.993. The molecule has 0 amide bonds. The molecular weight excluding hydrogens is 330 g/mol. The van der Waals surface area contributed by atoms with E-state index in [0.29, 0.717) is 17.9 Å². The lowest BCUT2D eigenvalue weighted by Crippen LogP contribution is -3.17. The standard InChI is InChI=1S/C21H33NO4/c1-20-6-4-7-21(13-25-21)18(20)9-15-16(19(24)26-17(15)10-20)11-22-8-3-2-5-14(22)12-23/h14-18,23H,2-13H2,1H3/p+1/t14-,15-,16-,17-,18+,20-,21+/m1/s1. The van der Waals surface area contributed by atoms with Gasteiger partial charge < -0.3 is 19.5 Å². The van der Waals surface area contributed by atoms with Gasteiger partial charge in [0.15, 0.2) is 0 Å². The van der Waals surface area contributed by atoms with Gasteiger partial charge in [-0.15, -0.1) is 0 Å². The molecule has 5 nitrogen and oxygen atoms in total. The molecule has 2 aliphatic carbocycles. The van der Waals surface area contributed by atoms with Gasteiger partial charge in [0.25, 0.3) is 0 Å². The van der Waals surface area contributed by atoms with Gasteiger partial charge in [-0.2, -0.15) is 0 Å². The molecule has 2 N–H and O–H groups in total. The molecule has 1 unspecified atom stereocenters. The van der Waals surface area contributed by atoms with E-state index in [2.05, 4.69) is 6.92 Å². The fraction of sp³-hybridized carbons (Fsp3) is 0.952. The quantitative estimate of drug-likeness (QED) is 0.578. The third-order valence-electron chi connectivity index (χ3n) is 8.66. The van der Waals surface area contributed by atoms with E-state index in [9.17, 15) is 9.90 Å². The SMILES string of the molecule is C[C@]12CCC[C@]3(CO3)[C@H]1C[C@H]1[C@@H](C2)OC(=O)[C@@H]1C[NH+]1CCCC[C@@H]1CO. The van der Waals surface area contributed by atoms with Gasteiger partial charge in [0.1, 0.15) is 18.1 Å². The zero-order chi connectivity index (χ0) is 17.9. The number of likely N-dealkylation sites (tertiary alicyclic amines) is 1. The summed E-state index contributed by atoms with van der Waals surface area (Å²) in [5, 5.41) is 9.75. The van der Waals surface area contributed by atoms with E-state index < -0.39 is 0 Å². The number of aliphatic hydroxyl groups excluding tert-OH is 1. The summed E-state index contributed by atoms with van der Waals surface area (Å²) in [5.41, 5.74) is 0.399. The van der Waals surface area contributed by atoms with Gasteiger partial charge in [0, 0.05) is 12.3 Å². The minimum atomic E-state index is 0.0180. The number of aliphatic hydroxyl groups is 1. The number of quaternary nitrogens is 1. The maximum absolute atomic E-state index is 12.8. The Bertz CT molecular complexity index is 576. The van der Waals surface area contributed by atoms with Crippen LogP contribution in [0.2, 0.25) is 0 Å². The number of ether oxygens (including phenoxy) is 2. The van der Waals surface area contributed by atoms with Crippen LogP contribution in [0.4, 0.5) is 0 Å². The highest BCUT2D eigenvalue weighted by atomic mass is 16.6. The minimum absolute atomic E-state index is 0.0180. The third-order valence-corrected chi connectivity index (χ3v) is 8.66. The van der Waals surface area contributed by atoms with Gasteiger partial charge in [-0.3, -0.25) is 4.79 Å². The lowest BCUT2D eigenvalue weighted by Gasteiger charge is -2.51. The average molecular weight is 365 g/mol. The molecule has 146 valence electrons. The number of carbonyl (C=O) groups is 1. The zero-order valence-corrected chi connectivity index (χ0v) is 16.0. The van der Waals surface area contributed by atoms with Crippen LogP contribution in [-0.2, 0) is 14.3 Å². The first-order valence-electron chi connectivity index (χ1n) is 10.8. The molecule has 5 heteroatoms. The van der Waals surface area contributed by atoms with Crippen molar-refractivity contribution < 1.29 is 24.3 Å². The predicted octanol–water partition coefficient (Wildman–Crippen LogP) is 0.943. The molecule has 0 aromatic carbocycles. The topological polar surface area (TPSA) is 63.5 Å². The van der Waals surface area contributed by atoms with E-state index in [-0.39, 0.29) is 35.6 Å². The first-order valence-corrected chi connectivity index (χ1v) is 10.8. The molecule has 5 rings (SSSR count). The van der Waals surface area contributed by atoms with Gasteiger partial charge in [-0.1, -0.05) is 6.92 Å². The van der Waals surface area contributed by atoms with Crippen molar-refractivity contribution >= 4 is 5.97 Å². The Labute approximate surface area is 156 Å². The van der Waals surface area contributed by atoms with Crippen LogP contribution in [0.15, 0.2) is 0 Å². The van der Waals surface area contributed by atoms with Crippen molar-refractivity contribution in [2.75, 3.05) is 26.3 Å². The molecular formula is C21H34NO4+. The van der Waals surface area contributed by atoms with Crippen molar-refractivity contribution in [3.05, 3.63) is 0 Å². The van der Waals surface area contributed by atoms with Crippen LogP contribution in [0.1, 0.15) is 58.3 Å². The van der Waals surface area contributed by atoms with Crippen molar-refractivity contribution in [2.24, 2.45) is 23.2 Å². The molecule has 3 heterocycles. The lowest BCUT2D eigenvalue weighted by atomic mass is 9.53. The van der Waals surface area contributed by atoms with Crippen molar-refractivity contribution in [1.82, 2.24) is 0 Å². The molecule has 0 aromatic heterocycles. The Morgan fingerprint density at radius 1 is 1.27 bits per heavy atom. The molecule has 5 fully saturated rings. The second-order valence-electron chi connectivity index (χ2n) is 10.1. The van der Waals surface area contributed by atoms with Crippen molar-refractivity contribution in [3.8, 4) is 0 Å². The number of carbonyl (C=O) groups excluding carboxylic acids is 1. The molecule has 1 spiro atoms. The van der Waals surface area contributed by atoms with Crippen molar-refractivity contribution in [3.63, 3.8) is 0 Å². The van der Waals surface area contributed by atoms with Crippen LogP contribution in [0.25, 0.3) is 0 Å². The van der Waals surface area contributed by atoms with Crippen molar-refractivity contribution in [2.45, 2.75) is 76.0 Å². The second-order valence-corrected chi connectivity index (χ2v) is 10.1. The highest BCUT2D eigenvalue weighted by molar-refractivity contribution is 5.75. The molecule has 26 heavy (non-hydrogen) atoms. The monoisotopic (exact) mass is 364 g/mol. The number of fused-ring (bicyclic) bond motifs is 3. The number of piperidine rings is 1. The lowest BCUT2D eigenvalue weighted by molar-refractivity contribution is -0.933. The Kier molecular flexibility index (Phi) is 4.15. The molecule has 0 aromatic rings. The Balaban J connectivity index is 1.35. The van der Waals surface area contributed by atoms with Crippen LogP contribution in [0.3, 0.4) is 0 Å². The highest BCUT2D eigenvalue weighted by Crippen LogP contribution is 2.62. The summed E-state index contributed by atoms with van der Waals surface area (Å²) in [7, 11) is 0. The van der Waals surface area contributed by atoms with Crippen LogP contribution >= 0.6 is 0 Å². The van der Waals surface area contributed by atoms with E-state index in [1.165, 1.54) is 37.0 Å². The average Bonchev–Trinajstić information content (AvgIpc) is 3.33. The van der Waals surface area contributed by atoms with Crippen molar-refractivity contribution in [1.29, 1.82) is 0 Å². The van der Waals surface area contributed by atoms with E-state index in [1.54, 1.807) is 0 Å². The van der Waals surface area contributed by atoms with Crippen LogP contribution in [0.5, 0.6) is 0 Å². The van der Waals surface area contributed by atoms with E-state index >= 15 is 0 Å². The van der Waals surface area contributed by atoms with Crippen LogP contribution in [0, 0.1) is 23.2 Å². The van der Waals surface area contributed by atoms with Gasteiger partial charge in [0.05, 0.1) is 31.9 Å². The van der Waals surface area contributed by atoms with Gasteiger partial charge in [-0.25, -0.2) is 0 Å². The van der Waals surface area contributed by atoms with E-state index in [4.69, 9.17) is 9.47 Å². The molecule has 0 bridgehead atoms. The zero-order valence-electron chi connectivity index (χ0n) is 16.0. The summed E-state index contributed by atoms with van der Waals surface area (Å²) in [4.78, 5) is 14.2. The molecule has 3 aliphatic heterocycles. The highest BCUT2D eigenvalue weighted by Gasteiger charge is 2.65. The number of rotatable bonds is 3. The Morgan fingerprint density at radius 3 is 2.88 bits per heavy atom. The summed E-state index contributed by atoms with van der Waals surface area (Å²) >= 11 is 0. The maximum atomic E-state index is 12.8. The number of esters is 1. The van der Waals surface area contributed by atoms with Crippen LogP contribution in [-0.4, -0.2) is 55.1 Å². The molecule has 5 aliphatic rings. The van der Waals surface area contributed by atoms with Crippen LogP contribution < -0.4 is 4.90 Å². The van der Waals surface area contributed by atoms with E-state index in [0.717, 1.165) is 39.0 Å². The Hall–Kier alpha value is -0.650. The fourth-order valence-electron chi connectivity index (χ4n) is 7.11. The molecule has 3 saturated heterocycles. The van der Waals surface area contributed by atoms with Gasteiger partial charge >= 0.3 is 5.97 Å². The first-order chi connectivity index (χ1) is 12.5. The molecule has 8 atom stereocenters. The normalized spacial score (nSPS) is 53.1. The molecule has 0 radical (unpaired) electrons. The maximum Gasteiger partial charge on any atom is 0.315 e. The number of hydrogen-bond acceptors (Lipinski definition) is 4. The second kappa shape index (κ2) is 6.18. The number of epoxide rings is 1. The largest absolute Gasteiger partial charge is 0.462 e. The predicted molar refractivity (Wildman–Crippen MR) is 95.6 cm³/mol. The molecule has 2 saturated carbocycles. The summed E-state index contributed by atoms with van der Waals surface area (Å²) in [6, 6.07) is 0.303. The number of hydrogen-bond donors (Lipinski definition) is 2.